The Morgan fingerprint density at radius 1 is 0.889 bits per heavy atom. The highest BCUT2D eigenvalue weighted by Crippen LogP contribution is 2.44. The van der Waals surface area contributed by atoms with Crippen LogP contribution in [0, 0.1) is 22.7 Å². The van der Waals surface area contributed by atoms with Gasteiger partial charge in [-0.25, -0.2) is 0 Å². The Morgan fingerprint density at radius 2 is 1.30 bits per heavy atom. The molecule has 0 radical (unpaired) electrons. The second-order valence-corrected chi connectivity index (χ2v) is 9.67. The van der Waals surface area contributed by atoms with Crippen LogP contribution >= 0.6 is 0 Å². The van der Waals surface area contributed by atoms with E-state index in [9.17, 15) is 25.2 Å². The van der Waals surface area contributed by atoms with Gasteiger partial charge in [0.15, 0.2) is 11.9 Å². The molecule has 4 aliphatic heterocycles. The second kappa shape index (κ2) is 7.02. The molecule has 0 aliphatic carbocycles. The number of quaternary nitrogens is 2. The summed E-state index contributed by atoms with van der Waals surface area (Å²) in [5, 5.41) is 49.9. The van der Waals surface area contributed by atoms with Crippen molar-refractivity contribution in [3.63, 3.8) is 0 Å². The Bertz CT molecular complexity index is 537. The zero-order valence-corrected chi connectivity index (χ0v) is 16.7. The number of piperidine rings is 2. The van der Waals surface area contributed by atoms with E-state index in [1.54, 1.807) is 0 Å². The van der Waals surface area contributed by atoms with Crippen LogP contribution in [0.25, 0.3) is 0 Å². The zero-order valence-electron chi connectivity index (χ0n) is 16.7. The molecule has 0 unspecified atom stereocenters. The lowest BCUT2D eigenvalue weighted by Crippen LogP contribution is -3.46. The van der Waals surface area contributed by atoms with Crippen LogP contribution in [0.2, 0.25) is 0 Å². The van der Waals surface area contributed by atoms with Crippen LogP contribution in [0.1, 0.15) is 27.7 Å². The molecule has 7 N–H and O–H groups in total. The lowest BCUT2D eigenvalue weighted by Gasteiger charge is -2.63. The van der Waals surface area contributed by atoms with Crippen molar-refractivity contribution in [1.82, 2.24) is 0 Å². The summed E-state index contributed by atoms with van der Waals surface area (Å²) >= 11 is 0. The van der Waals surface area contributed by atoms with Crippen molar-refractivity contribution in [2.75, 3.05) is 32.8 Å². The van der Waals surface area contributed by atoms with E-state index in [1.165, 1.54) is 0 Å². The van der Waals surface area contributed by atoms with Crippen molar-refractivity contribution in [2.24, 2.45) is 22.7 Å². The summed E-state index contributed by atoms with van der Waals surface area (Å²) in [5.74, 6) is 0.744. The number of carbonyl (C=O) groups excluding carboxylic acids is 1. The van der Waals surface area contributed by atoms with Gasteiger partial charge in [-0.2, -0.15) is 0 Å². The van der Waals surface area contributed by atoms with Crippen LogP contribution in [0.5, 0.6) is 0 Å². The molecule has 4 atom stereocenters. The lowest BCUT2D eigenvalue weighted by molar-refractivity contribution is -1.17. The first-order valence-corrected chi connectivity index (χ1v) is 10.1. The zero-order chi connectivity index (χ0) is 20.3. The molecule has 8 nitrogen and oxygen atoms in total. The lowest BCUT2D eigenvalue weighted by atomic mass is 9.53. The molecular formula is C19H36N2O6+2. The molecule has 8 heteroatoms. The third-order valence-electron chi connectivity index (χ3n) is 7.79. The summed E-state index contributed by atoms with van der Waals surface area (Å²) in [5.41, 5.74) is -0.842. The topological polar surface area (TPSA) is 127 Å². The largest absolute Gasteiger partial charge is 0.394 e. The van der Waals surface area contributed by atoms with Gasteiger partial charge in [0.05, 0.1) is 6.61 Å². The van der Waals surface area contributed by atoms with E-state index >= 15 is 0 Å². The number of ketones is 1. The molecule has 0 amide bonds. The van der Waals surface area contributed by atoms with Crippen LogP contribution in [-0.2, 0) is 4.79 Å². The maximum absolute atomic E-state index is 13.5. The van der Waals surface area contributed by atoms with Gasteiger partial charge < -0.3 is 25.5 Å². The summed E-state index contributed by atoms with van der Waals surface area (Å²) in [7, 11) is 0. The molecule has 0 aromatic carbocycles. The molecular weight excluding hydrogens is 352 g/mol. The van der Waals surface area contributed by atoms with Crippen LogP contribution in [0.3, 0.4) is 0 Å². The summed E-state index contributed by atoms with van der Waals surface area (Å²) in [6.07, 6.45) is -6.31. The monoisotopic (exact) mass is 388 g/mol. The predicted octanol–water partition coefficient (Wildman–Crippen LogP) is -4.59. The SMILES string of the molecule is CC(C)C12C[NH+]3CC(C(C)C)(C[NH+](C1)C3[C@H](O)[C@H](O)[C@H](O)[C@H](O)CO)C2=O. The summed E-state index contributed by atoms with van der Waals surface area (Å²) < 4.78 is 0. The molecule has 4 rings (SSSR count). The first-order valence-electron chi connectivity index (χ1n) is 10.1. The van der Waals surface area contributed by atoms with Gasteiger partial charge in [-0.05, 0) is 11.8 Å². The summed E-state index contributed by atoms with van der Waals surface area (Å²) in [6.45, 7) is 10.1. The van der Waals surface area contributed by atoms with Gasteiger partial charge in [-0.1, -0.05) is 27.7 Å². The maximum atomic E-state index is 13.5. The third kappa shape index (κ3) is 2.88. The number of Topliss-reactive ketones (excluding diaryl/α,β-unsaturated/α-hetero) is 1. The molecule has 0 aromatic heterocycles. The summed E-state index contributed by atoms with van der Waals surface area (Å²) in [4.78, 5) is 15.7. The molecule has 156 valence electrons. The van der Waals surface area contributed by atoms with Crippen LogP contribution < -0.4 is 9.80 Å². The highest BCUT2D eigenvalue weighted by atomic mass is 16.4. The standard InChI is InChI=1S/C19H34N2O6/c1-10(2)18-6-20-8-19(11(3)4,17(18)27)9-21(7-18)16(20)15(26)14(25)13(24)12(23)5-22/h10-16,22-26H,5-9H2,1-4H3/p+2/t12-,13-,14-,15-,16?,18?,19?/m1/s1. The van der Waals surface area contributed by atoms with Gasteiger partial charge in [-0.3, -0.25) is 14.6 Å². The van der Waals surface area contributed by atoms with Gasteiger partial charge in [0, 0.05) is 0 Å². The normalized spacial score (nSPS) is 42.6. The highest BCUT2D eigenvalue weighted by molar-refractivity contribution is 5.92. The van der Waals surface area contributed by atoms with Gasteiger partial charge in [0.1, 0.15) is 55.3 Å². The van der Waals surface area contributed by atoms with E-state index < -0.39 is 41.9 Å². The molecule has 0 aromatic rings. The number of nitrogens with one attached hydrogen (secondary N) is 2. The molecule has 4 aliphatic rings. The van der Waals surface area contributed by atoms with Crippen molar-refractivity contribution >= 4 is 5.78 Å². The van der Waals surface area contributed by atoms with E-state index in [0.717, 1.165) is 9.80 Å². The first kappa shape index (κ1) is 21.1. The Morgan fingerprint density at radius 3 is 1.63 bits per heavy atom. The number of hydrogen-bond donors (Lipinski definition) is 7. The number of aliphatic hydroxyl groups is 5. The Labute approximate surface area is 160 Å². The number of aliphatic hydroxyl groups excluding tert-OH is 5. The van der Waals surface area contributed by atoms with E-state index in [-0.39, 0.29) is 18.0 Å². The molecule has 27 heavy (non-hydrogen) atoms. The number of rotatable bonds is 7. The van der Waals surface area contributed by atoms with Crippen LogP contribution in [0.4, 0.5) is 0 Å². The van der Waals surface area contributed by atoms with Crippen molar-refractivity contribution < 1.29 is 40.1 Å². The van der Waals surface area contributed by atoms with E-state index in [1.807, 2.05) is 0 Å². The molecule has 0 spiro atoms. The maximum Gasteiger partial charge on any atom is 0.242 e. The minimum atomic E-state index is -1.62. The fraction of sp³-hybridized carbons (Fsp3) is 0.947. The van der Waals surface area contributed by atoms with Gasteiger partial charge in [0.25, 0.3) is 0 Å². The minimum Gasteiger partial charge on any atom is -0.394 e. The van der Waals surface area contributed by atoms with Gasteiger partial charge in [0.2, 0.25) is 6.17 Å². The quantitative estimate of drug-likeness (QED) is 0.235. The Kier molecular flexibility index (Phi) is 5.49. The average Bonchev–Trinajstić information content (AvgIpc) is 2.62. The van der Waals surface area contributed by atoms with Crippen LogP contribution in [-0.4, -0.2) is 94.7 Å². The number of carbonyl (C=O) groups is 1. The Hall–Kier alpha value is -0.610. The fourth-order valence-electron chi connectivity index (χ4n) is 5.97. The fourth-order valence-corrected chi connectivity index (χ4v) is 5.97. The third-order valence-corrected chi connectivity index (χ3v) is 7.79. The molecule has 4 saturated heterocycles. The smallest absolute Gasteiger partial charge is 0.242 e. The molecule has 4 fully saturated rings. The van der Waals surface area contributed by atoms with Gasteiger partial charge in [-0.15, -0.1) is 0 Å². The molecule has 4 bridgehead atoms. The highest BCUT2D eigenvalue weighted by Gasteiger charge is 2.74. The summed E-state index contributed by atoms with van der Waals surface area (Å²) in [6, 6.07) is 0. The van der Waals surface area contributed by atoms with E-state index in [4.69, 9.17) is 5.11 Å². The average molecular weight is 389 g/mol. The van der Waals surface area contributed by atoms with Crippen molar-refractivity contribution in [1.29, 1.82) is 0 Å². The predicted molar refractivity (Wildman–Crippen MR) is 95.8 cm³/mol. The first-order chi connectivity index (χ1) is 12.5. The van der Waals surface area contributed by atoms with E-state index in [2.05, 4.69) is 27.7 Å². The van der Waals surface area contributed by atoms with E-state index in [0.29, 0.717) is 32.0 Å². The van der Waals surface area contributed by atoms with Gasteiger partial charge >= 0.3 is 0 Å². The van der Waals surface area contributed by atoms with Crippen molar-refractivity contribution in [3.05, 3.63) is 0 Å². The second-order valence-electron chi connectivity index (χ2n) is 9.67. The van der Waals surface area contributed by atoms with Crippen molar-refractivity contribution in [2.45, 2.75) is 58.3 Å². The molecule has 4 heterocycles. The minimum absolute atomic E-state index is 0.193. The van der Waals surface area contributed by atoms with Crippen LogP contribution in [0.15, 0.2) is 0 Å². The Balaban J connectivity index is 1.91. The molecule has 0 saturated carbocycles. The number of hydrogen-bond acceptors (Lipinski definition) is 6. The van der Waals surface area contributed by atoms with Crippen molar-refractivity contribution in [3.8, 4) is 0 Å².